The van der Waals surface area contributed by atoms with E-state index in [4.69, 9.17) is 0 Å². The van der Waals surface area contributed by atoms with Crippen molar-refractivity contribution in [3.05, 3.63) is 53.0 Å². The molecular formula is C11H7BrFN. The van der Waals surface area contributed by atoms with Crippen molar-refractivity contribution in [3.63, 3.8) is 0 Å². The predicted molar refractivity (Wildman–Crippen MR) is 57.3 cm³/mol. The van der Waals surface area contributed by atoms with Crippen molar-refractivity contribution >= 4 is 15.9 Å². The Bertz CT molecular complexity index is 439. The summed E-state index contributed by atoms with van der Waals surface area (Å²) in [6.45, 7) is 0. The van der Waals surface area contributed by atoms with Crippen molar-refractivity contribution in [2.45, 2.75) is 0 Å². The molecule has 0 aliphatic carbocycles. The molecule has 0 radical (unpaired) electrons. The van der Waals surface area contributed by atoms with Gasteiger partial charge in [-0.3, -0.25) is 4.98 Å². The Morgan fingerprint density at radius 3 is 2.36 bits per heavy atom. The number of aromatic nitrogens is 1. The summed E-state index contributed by atoms with van der Waals surface area (Å²) in [6, 6.07) is 8.30. The molecule has 3 heteroatoms. The lowest BCUT2D eigenvalue weighted by atomic mass is 10.1. The maximum absolute atomic E-state index is 12.7. The Labute approximate surface area is 89.7 Å². The maximum atomic E-state index is 12.7. The lowest BCUT2D eigenvalue weighted by Gasteiger charge is -2.00. The summed E-state index contributed by atoms with van der Waals surface area (Å²) in [5.41, 5.74) is 1.93. The van der Waals surface area contributed by atoms with E-state index in [1.807, 2.05) is 6.07 Å². The van der Waals surface area contributed by atoms with Gasteiger partial charge < -0.3 is 0 Å². The lowest BCUT2D eigenvalue weighted by Crippen LogP contribution is -1.80. The van der Waals surface area contributed by atoms with Gasteiger partial charge in [-0.1, -0.05) is 12.1 Å². The summed E-state index contributed by atoms with van der Waals surface area (Å²) in [4.78, 5) is 4.04. The molecule has 0 spiro atoms. The number of hydrogen-bond acceptors (Lipinski definition) is 1. The van der Waals surface area contributed by atoms with Crippen molar-refractivity contribution in [3.8, 4) is 11.1 Å². The van der Waals surface area contributed by atoms with Crippen LogP contribution in [0.4, 0.5) is 4.39 Å². The van der Waals surface area contributed by atoms with E-state index in [1.165, 1.54) is 12.1 Å². The second kappa shape index (κ2) is 3.88. The molecule has 14 heavy (non-hydrogen) atoms. The Morgan fingerprint density at radius 2 is 1.71 bits per heavy atom. The van der Waals surface area contributed by atoms with E-state index in [2.05, 4.69) is 20.9 Å². The monoisotopic (exact) mass is 251 g/mol. The van der Waals surface area contributed by atoms with E-state index in [0.29, 0.717) is 0 Å². The van der Waals surface area contributed by atoms with Crippen molar-refractivity contribution < 1.29 is 4.39 Å². The van der Waals surface area contributed by atoms with Crippen molar-refractivity contribution in [1.29, 1.82) is 0 Å². The number of halogens is 2. The van der Waals surface area contributed by atoms with Gasteiger partial charge in [-0.2, -0.15) is 0 Å². The fraction of sp³-hybridized carbons (Fsp3) is 0. The third-order valence-corrected chi connectivity index (χ3v) is 2.32. The highest BCUT2D eigenvalue weighted by Crippen LogP contribution is 2.21. The van der Waals surface area contributed by atoms with Crippen molar-refractivity contribution in [1.82, 2.24) is 4.98 Å². The van der Waals surface area contributed by atoms with E-state index < -0.39 is 0 Å². The average molecular weight is 252 g/mol. The molecule has 0 unspecified atom stereocenters. The van der Waals surface area contributed by atoms with Gasteiger partial charge in [-0.05, 0) is 39.7 Å². The van der Waals surface area contributed by atoms with Crippen LogP contribution in [0.5, 0.6) is 0 Å². The third kappa shape index (κ3) is 1.99. The molecular weight excluding hydrogens is 245 g/mol. The predicted octanol–water partition coefficient (Wildman–Crippen LogP) is 3.65. The van der Waals surface area contributed by atoms with E-state index in [0.717, 1.165) is 15.6 Å². The van der Waals surface area contributed by atoms with E-state index in [1.54, 1.807) is 24.5 Å². The summed E-state index contributed by atoms with van der Waals surface area (Å²) >= 11 is 3.34. The zero-order valence-corrected chi connectivity index (χ0v) is 8.83. The van der Waals surface area contributed by atoms with Crippen LogP contribution in [0.1, 0.15) is 0 Å². The third-order valence-electron chi connectivity index (χ3n) is 1.88. The van der Waals surface area contributed by atoms with Crippen LogP contribution in [-0.2, 0) is 0 Å². The summed E-state index contributed by atoms with van der Waals surface area (Å²) in [7, 11) is 0. The fourth-order valence-electron chi connectivity index (χ4n) is 1.21. The Balaban J connectivity index is 2.44. The van der Waals surface area contributed by atoms with Gasteiger partial charge in [0, 0.05) is 22.4 Å². The Kier molecular flexibility index (Phi) is 2.59. The normalized spacial score (nSPS) is 10.1. The molecule has 0 atom stereocenters. The van der Waals surface area contributed by atoms with Crippen LogP contribution in [0.3, 0.4) is 0 Å². The van der Waals surface area contributed by atoms with Crippen LogP contribution in [0.2, 0.25) is 0 Å². The summed E-state index contributed by atoms with van der Waals surface area (Å²) in [5.74, 6) is -0.225. The molecule has 70 valence electrons. The highest BCUT2D eigenvalue weighted by Gasteiger charge is 1.98. The summed E-state index contributed by atoms with van der Waals surface area (Å²) in [6.07, 6.45) is 3.46. The fourth-order valence-corrected chi connectivity index (χ4v) is 1.58. The van der Waals surface area contributed by atoms with Crippen LogP contribution in [0, 0.1) is 5.82 Å². The molecule has 0 saturated heterocycles. The molecule has 0 aliphatic heterocycles. The number of benzene rings is 1. The molecule has 0 amide bonds. The largest absolute Gasteiger partial charge is 0.263 e. The van der Waals surface area contributed by atoms with Crippen LogP contribution in [0.25, 0.3) is 11.1 Å². The molecule has 0 aliphatic rings. The van der Waals surface area contributed by atoms with Gasteiger partial charge in [0.25, 0.3) is 0 Å². The first-order valence-corrected chi connectivity index (χ1v) is 4.91. The van der Waals surface area contributed by atoms with Gasteiger partial charge in [-0.15, -0.1) is 0 Å². The average Bonchev–Trinajstić information content (AvgIpc) is 2.19. The van der Waals surface area contributed by atoms with Gasteiger partial charge in [0.1, 0.15) is 5.82 Å². The van der Waals surface area contributed by atoms with E-state index in [-0.39, 0.29) is 5.82 Å². The molecule has 1 aromatic heterocycles. The highest BCUT2D eigenvalue weighted by molar-refractivity contribution is 9.10. The smallest absolute Gasteiger partial charge is 0.123 e. The van der Waals surface area contributed by atoms with E-state index in [9.17, 15) is 4.39 Å². The van der Waals surface area contributed by atoms with Gasteiger partial charge in [-0.25, -0.2) is 4.39 Å². The second-order valence-corrected chi connectivity index (χ2v) is 3.81. The first-order valence-electron chi connectivity index (χ1n) is 4.12. The first-order chi connectivity index (χ1) is 6.75. The molecule has 2 rings (SSSR count). The molecule has 1 nitrogen and oxygen atoms in total. The highest BCUT2D eigenvalue weighted by atomic mass is 79.9. The minimum Gasteiger partial charge on any atom is -0.263 e. The minimum atomic E-state index is -0.225. The molecule has 0 fully saturated rings. The zero-order valence-electron chi connectivity index (χ0n) is 7.24. The van der Waals surface area contributed by atoms with Crippen molar-refractivity contribution in [2.24, 2.45) is 0 Å². The standard InChI is InChI=1S/C11H7BrFN/c12-10-5-9(6-14-7-10)8-1-3-11(13)4-2-8/h1-7H. The van der Waals surface area contributed by atoms with Gasteiger partial charge in [0.2, 0.25) is 0 Å². The molecule has 1 heterocycles. The van der Waals surface area contributed by atoms with Gasteiger partial charge in [0.15, 0.2) is 0 Å². The van der Waals surface area contributed by atoms with Gasteiger partial charge >= 0.3 is 0 Å². The van der Waals surface area contributed by atoms with Crippen molar-refractivity contribution in [2.75, 3.05) is 0 Å². The summed E-state index contributed by atoms with van der Waals surface area (Å²) < 4.78 is 13.6. The molecule has 0 N–H and O–H groups in total. The number of pyridine rings is 1. The Morgan fingerprint density at radius 1 is 1.00 bits per heavy atom. The number of nitrogens with zero attached hydrogens (tertiary/aromatic N) is 1. The Hall–Kier alpha value is -1.22. The SMILES string of the molecule is Fc1ccc(-c2cncc(Br)c2)cc1. The second-order valence-electron chi connectivity index (χ2n) is 2.90. The van der Waals surface area contributed by atoms with E-state index >= 15 is 0 Å². The number of hydrogen-bond donors (Lipinski definition) is 0. The molecule has 2 aromatic rings. The maximum Gasteiger partial charge on any atom is 0.123 e. The molecule has 0 bridgehead atoms. The van der Waals surface area contributed by atoms with Crippen LogP contribution in [0.15, 0.2) is 47.2 Å². The molecule has 0 saturated carbocycles. The molecule has 1 aromatic carbocycles. The van der Waals surface area contributed by atoms with Crippen LogP contribution < -0.4 is 0 Å². The van der Waals surface area contributed by atoms with Crippen LogP contribution in [-0.4, -0.2) is 4.98 Å². The quantitative estimate of drug-likeness (QED) is 0.754. The topological polar surface area (TPSA) is 12.9 Å². The lowest BCUT2D eigenvalue weighted by molar-refractivity contribution is 0.628. The van der Waals surface area contributed by atoms with Crippen LogP contribution >= 0.6 is 15.9 Å². The van der Waals surface area contributed by atoms with Gasteiger partial charge in [0.05, 0.1) is 0 Å². The minimum absolute atomic E-state index is 0.225. The summed E-state index contributed by atoms with van der Waals surface area (Å²) in [5, 5.41) is 0. The first kappa shape index (κ1) is 9.34. The zero-order chi connectivity index (χ0) is 9.97. The number of rotatable bonds is 1.